The summed E-state index contributed by atoms with van der Waals surface area (Å²) in [6.45, 7) is 1.85. The molecule has 4 heteroatoms. The quantitative estimate of drug-likeness (QED) is 0.754. The lowest BCUT2D eigenvalue weighted by molar-refractivity contribution is 0.102. The average molecular weight is 278 g/mol. The van der Waals surface area contributed by atoms with E-state index in [1.54, 1.807) is 18.2 Å². The van der Waals surface area contributed by atoms with E-state index in [1.165, 1.54) is 0 Å². The fourth-order valence-corrected chi connectivity index (χ4v) is 2.23. The number of pyridine rings is 1. The Hall–Kier alpha value is -2.88. The SMILES string of the molecule is Cc1cccc(NC(=O)c2ccc3ccccc3c2O)n1. The van der Waals surface area contributed by atoms with E-state index in [0.717, 1.165) is 11.1 Å². The maximum atomic E-state index is 12.3. The van der Waals surface area contributed by atoms with Crippen molar-refractivity contribution in [1.82, 2.24) is 4.98 Å². The van der Waals surface area contributed by atoms with Crippen molar-refractivity contribution in [3.8, 4) is 5.75 Å². The van der Waals surface area contributed by atoms with Gasteiger partial charge in [0.1, 0.15) is 11.6 Å². The zero-order valence-corrected chi connectivity index (χ0v) is 11.5. The third kappa shape index (κ3) is 2.56. The third-order valence-corrected chi connectivity index (χ3v) is 3.28. The van der Waals surface area contributed by atoms with Crippen molar-refractivity contribution in [3.05, 3.63) is 65.9 Å². The summed E-state index contributed by atoms with van der Waals surface area (Å²) in [5, 5.41) is 14.5. The van der Waals surface area contributed by atoms with Gasteiger partial charge in [0, 0.05) is 11.1 Å². The molecule has 0 aliphatic heterocycles. The Balaban J connectivity index is 1.96. The van der Waals surface area contributed by atoms with Crippen molar-refractivity contribution in [3.63, 3.8) is 0 Å². The molecule has 2 aromatic carbocycles. The summed E-state index contributed by atoms with van der Waals surface area (Å²) in [7, 11) is 0. The maximum absolute atomic E-state index is 12.3. The number of anilines is 1. The minimum Gasteiger partial charge on any atom is -0.506 e. The van der Waals surface area contributed by atoms with Gasteiger partial charge in [0.25, 0.3) is 5.91 Å². The molecule has 0 aliphatic rings. The number of rotatable bonds is 2. The number of hydrogen-bond acceptors (Lipinski definition) is 3. The molecule has 0 spiro atoms. The van der Waals surface area contributed by atoms with Gasteiger partial charge in [0.05, 0.1) is 5.56 Å². The second-order valence-corrected chi connectivity index (χ2v) is 4.80. The van der Waals surface area contributed by atoms with Gasteiger partial charge in [-0.3, -0.25) is 4.79 Å². The lowest BCUT2D eigenvalue weighted by Gasteiger charge is -2.09. The Morgan fingerprint density at radius 3 is 2.67 bits per heavy atom. The first kappa shape index (κ1) is 13.1. The lowest BCUT2D eigenvalue weighted by atomic mass is 10.0. The number of phenolic OH excluding ortho intramolecular Hbond substituents is 1. The number of aromatic hydroxyl groups is 1. The molecule has 4 nitrogen and oxygen atoms in total. The predicted octanol–water partition coefficient (Wildman–Crippen LogP) is 3.50. The number of amides is 1. The predicted molar refractivity (Wildman–Crippen MR) is 82.5 cm³/mol. The zero-order valence-electron chi connectivity index (χ0n) is 11.5. The van der Waals surface area contributed by atoms with Crippen molar-refractivity contribution >= 4 is 22.5 Å². The summed E-state index contributed by atoms with van der Waals surface area (Å²) >= 11 is 0. The molecule has 1 aromatic heterocycles. The molecule has 0 atom stereocenters. The number of fused-ring (bicyclic) bond motifs is 1. The number of nitrogens with one attached hydrogen (secondary N) is 1. The molecule has 104 valence electrons. The fraction of sp³-hybridized carbons (Fsp3) is 0.0588. The van der Waals surface area contributed by atoms with E-state index < -0.39 is 0 Å². The lowest BCUT2D eigenvalue weighted by Crippen LogP contribution is -2.13. The number of aryl methyl sites for hydroxylation is 1. The van der Waals surface area contributed by atoms with E-state index >= 15 is 0 Å². The summed E-state index contributed by atoms with van der Waals surface area (Å²) in [5.74, 6) is 0.0714. The van der Waals surface area contributed by atoms with Gasteiger partial charge in [0.2, 0.25) is 0 Å². The van der Waals surface area contributed by atoms with Crippen molar-refractivity contribution in [1.29, 1.82) is 0 Å². The number of carbonyl (C=O) groups excluding carboxylic acids is 1. The van der Waals surface area contributed by atoms with Crippen LogP contribution in [-0.2, 0) is 0 Å². The Morgan fingerprint density at radius 2 is 1.86 bits per heavy atom. The standard InChI is InChI=1S/C17H14N2O2/c1-11-5-4-8-15(18-11)19-17(21)14-10-9-12-6-2-3-7-13(12)16(14)20/h2-10,20H,1H3,(H,18,19,21). The molecule has 1 amide bonds. The number of carbonyl (C=O) groups is 1. The van der Waals surface area contributed by atoms with Crippen LogP contribution in [0.1, 0.15) is 16.1 Å². The van der Waals surface area contributed by atoms with Crippen LogP contribution in [-0.4, -0.2) is 16.0 Å². The molecular weight excluding hydrogens is 264 g/mol. The first-order valence-corrected chi connectivity index (χ1v) is 6.61. The number of benzene rings is 2. The van der Waals surface area contributed by atoms with Crippen molar-refractivity contribution in [2.45, 2.75) is 6.92 Å². The Morgan fingerprint density at radius 1 is 1.05 bits per heavy atom. The molecule has 0 fully saturated rings. The van der Waals surface area contributed by atoms with Crippen molar-refractivity contribution in [2.24, 2.45) is 0 Å². The van der Waals surface area contributed by atoms with Crippen LogP contribution in [0.25, 0.3) is 10.8 Å². The van der Waals surface area contributed by atoms with Crippen LogP contribution < -0.4 is 5.32 Å². The van der Waals surface area contributed by atoms with E-state index in [0.29, 0.717) is 11.2 Å². The second-order valence-electron chi connectivity index (χ2n) is 4.80. The molecule has 0 aliphatic carbocycles. The molecule has 0 radical (unpaired) electrons. The molecule has 0 unspecified atom stereocenters. The van der Waals surface area contributed by atoms with Gasteiger partial charge in [-0.05, 0) is 30.5 Å². The molecule has 0 saturated carbocycles. The van der Waals surface area contributed by atoms with Gasteiger partial charge >= 0.3 is 0 Å². The monoisotopic (exact) mass is 278 g/mol. The summed E-state index contributed by atoms with van der Waals surface area (Å²) < 4.78 is 0. The second kappa shape index (κ2) is 5.25. The summed E-state index contributed by atoms with van der Waals surface area (Å²) in [6, 6.07) is 16.2. The minimum absolute atomic E-state index is 0.0155. The van der Waals surface area contributed by atoms with Crippen LogP contribution in [0.2, 0.25) is 0 Å². The molecule has 0 bridgehead atoms. The Bertz CT molecular complexity index is 828. The smallest absolute Gasteiger partial charge is 0.260 e. The topological polar surface area (TPSA) is 62.2 Å². The van der Waals surface area contributed by atoms with E-state index in [4.69, 9.17) is 0 Å². The number of phenols is 1. The molecule has 3 rings (SSSR count). The fourth-order valence-electron chi connectivity index (χ4n) is 2.23. The third-order valence-electron chi connectivity index (χ3n) is 3.28. The van der Waals surface area contributed by atoms with Crippen LogP contribution >= 0.6 is 0 Å². The molecule has 0 saturated heterocycles. The Kier molecular flexibility index (Phi) is 3.28. The highest BCUT2D eigenvalue weighted by Gasteiger charge is 2.14. The van der Waals surface area contributed by atoms with E-state index in [-0.39, 0.29) is 17.2 Å². The largest absolute Gasteiger partial charge is 0.506 e. The average Bonchev–Trinajstić information content (AvgIpc) is 2.48. The molecule has 2 N–H and O–H groups in total. The van der Waals surface area contributed by atoms with Gasteiger partial charge in [-0.1, -0.05) is 36.4 Å². The minimum atomic E-state index is -0.378. The van der Waals surface area contributed by atoms with Crippen LogP contribution in [0.5, 0.6) is 5.75 Å². The van der Waals surface area contributed by atoms with Gasteiger partial charge in [0.15, 0.2) is 0 Å². The van der Waals surface area contributed by atoms with E-state index in [9.17, 15) is 9.90 Å². The zero-order chi connectivity index (χ0) is 14.8. The van der Waals surface area contributed by atoms with E-state index in [2.05, 4.69) is 10.3 Å². The summed E-state index contributed by atoms with van der Waals surface area (Å²) in [5.41, 5.74) is 1.05. The van der Waals surface area contributed by atoms with E-state index in [1.807, 2.05) is 43.3 Å². The van der Waals surface area contributed by atoms with Gasteiger partial charge in [-0.25, -0.2) is 4.98 Å². The number of nitrogens with zero attached hydrogens (tertiary/aromatic N) is 1. The molecule has 3 aromatic rings. The first-order chi connectivity index (χ1) is 10.1. The molecule has 1 heterocycles. The highest BCUT2D eigenvalue weighted by Crippen LogP contribution is 2.28. The maximum Gasteiger partial charge on any atom is 0.260 e. The van der Waals surface area contributed by atoms with Crippen LogP contribution in [0.15, 0.2) is 54.6 Å². The van der Waals surface area contributed by atoms with Crippen LogP contribution in [0, 0.1) is 6.92 Å². The summed E-state index contributed by atoms with van der Waals surface area (Å²) in [4.78, 5) is 16.5. The molecule has 21 heavy (non-hydrogen) atoms. The normalized spacial score (nSPS) is 10.5. The number of aromatic nitrogens is 1. The van der Waals surface area contributed by atoms with Crippen LogP contribution in [0.4, 0.5) is 5.82 Å². The van der Waals surface area contributed by atoms with Gasteiger partial charge in [-0.2, -0.15) is 0 Å². The van der Waals surface area contributed by atoms with Crippen molar-refractivity contribution < 1.29 is 9.90 Å². The highest BCUT2D eigenvalue weighted by molar-refractivity contribution is 6.09. The van der Waals surface area contributed by atoms with Gasteiger partial charge < -0.3 is 10.4 Å². The van der Waals surface area contributed by atoms with Gasteiger partial charge in [-0.15, -0.1) is 0 Å². The number of hydrogen-bond donors (Lipinski definition) is 2. The highest BCUT2D eigenvalue weighted by atomic mass is 16.3. The summed E-state index contributed by atoms with van der Waals surface area (Å²) in [6.07, 6.45) is 0. The first-order valence-electron chi connectivity index (χ1n) is 6.61. The van der Waals surface area contributed by atoms with Crippen LogP contribution in [0.3, 0.4) is 0 Å². The Labute approximate surface area is 122 Å². The van der Waals surface area contributed by atoms with Crippen molar-refractivity contribution in [2.75, 3.05) is 5.32 Å². The molecular formula is C17H14N2O2.